The summed E-state index contributed by atoms with van der Waals surface area (Å²) >= 11 is 0. The van der Waals surface area contributed by atoms with Gasteiger partial charge in [-0.15, -0.1) is 0 Å². The standard InChI is InChI=1S/C7H13N3O2/c1-4(2)5(12-3)6-8-7(11)10-9-6/h4-5H,1-3H3,(H2,8,9,10,11). The second-order valence-electron chi connectivity index (χ2n) is 2.96. The van der Waals surface area contributed by atoms with Crippen LogP contribution >= 0.6 is 0 Å². The molecule has 1 unspecified atom stereocenters. The van der Waals surface area contributed by atoms with Crippen LogP contribution in [0.2, 0.25) is 0 Å². The summed E-state index contributed by atoms with van der Waals surface area (Å²) in [5.41, 5.74) is -0.298. The van der Waals surface area contributed by atoms with E-state index in [1.165, 1.54) is 0 Å². The summed E-state index contributed by atoms with van der Waals surface area (Å²) in [6, 6.07) is 0. The molecule has 0 radical (unpaired) electrons. The summed E-state index contributed by atoms with van der Waals surface area (Å²) in [4.78, 5) is 13.3. The van der Waals surface area contributed by atoms with E-state index in [-0.39, 0.29) is 17.7 Å². The first kappa shape index (κ1) is 8.99. The van der Waals surface area contributed by atoms with Crippen molar-refractivity contribution in [2.45, 2.75) is 20.0 Å². The van der Waals surface area contributed by atoms with Crippen LogP contribution in [0.3, 0.4) is 0 Å². The van der Waals surface area contributed by atoms with E-state index >= 15 is 0 Å². The largest absolute Gasteiger partial charge is 0.373 e. The van der Waals surface area contributed by atoms with Crippen LogP contribution in [0.5, 0.6) is 0 Å². The molecule has 1 rings (SSSR count). The number of nitrogens with zero attached hydrogens (tertiary/aromatic N) is 1. The van der Waals surface area contributed by atoms with Crippen LogP contribution < -0.4 is 5.69 Å². The van der Waals surface area contributed by atoms with Crippen molar-refractivity contribution < 1.29 is 4.74 Å². The van der Waals surface area contributed by atoms with Crippen LogP contribution in [-0.2, 0) is 4.74 Å². The Bertz CT molecular complexity index is 289. The van der Waals surface area contributed by atoms with Crippen LogP contribution in [0.1, 0.15) is 25.8 Å². The van der Waals surface area contributed by atoms with Crippen LogP contribution in [0.25, 0.3) is 0 Å². The summed E-state index contributed by atoms with van der Waals surface area (Å²) in [6.07, 6.45) is -0.149. The average Bonchev–Trinajstić information content (AvgIpc) is 2.37. The first-order chi connectivity index (χ1) is 5.65. The molecular formula is C7H13N3O2. The number of H-pyrrole nitrogens is 2. The minimum Gasteiger partial charge on any atom is -0.373 e. The molecule has 1 atom stereocenters. The van der Waals surface area contributed by atoms with E-state index < -0.39 is 0 Å². The number of nitrogens with one attached hydrogen (secondary N) is 2. The molecule has 68 valence electrons. The van der Waals surface area contributed by atoms with Gasteiger partial charge in [0, 0.05) is 7.11 Å². The molecule has 0 saturated heterocycles. The topological polar surface area (TPSA) is 70.8 Å². The van der Waals surface area contributed by atoms with Gasteiger partial charge in [0.1, 0.15) is 6.10 Å². The highest BCUT2D eigenvalue weighted by atomic mass is 16.5. The first-order valence-electron chi connectivity index (χ1n) is 3.82. The third-order valence-electron chi connectivity index (χ3n) is 1.65. The molecule has 12 heavy (non-hydrogen) atoms. The van der Waals surface area contributed by atoms with Crippen molar-refractivity contribution in [1.29, 1.82) is 0 Å². The molecule has 0 aliphatic rings. The number of aromatic amines is 2. The molecule has 0 bridgehead atoms. The number of ether oxygens (including phenoxy) is 1. The van der Waals surface area contributed by atoms with Gasteiger partial charge in [0.15, 0.2) is 5.82 Å². The molecule has 1 aromatic rings. The summed E-state index contributed by atoms with van der Waals surface area (Å²) in [5, 5.41) is 6.09. The van der Waals surface area contributed by atoms with E-state index in [9.17, 15) is 4.79 Å². The maximum atomic E-state index is 10.7. The Balaban J connectivity index is 2.87. The number of hydrogen-bond donors (Lipinski definition) is 2. The molecule has 0 amide bonds. The predicted octanol–water partition coefficient (Wildman–Crippen LogP) is 0.441. The maximum Gasteiger partial charge on any atom is 0.340 e. The van der Waals surface area contributed by atoms with Crippen molar-refractivity contribution >= 4 is 0 Å². The molecular weight excluding hydrogens is 158 g/mol. The van der Waals surface area contributed by atoms with Gasteiger partial charge in [-0.05, 0) is 5.92 Å². The number of methoxy groups -OCH3 is 1. The van der Waals surface area contributed by atoms with E-state index in [0.29, 0.717) is 5.82 Å². The van der Waals surface area contributed by atoms with Crippen molar-refractivity contribution in [2.24, 2.45) is 5.92 Å². The Morgan fingerprint density at radius 2 is 2.17 bits per heavy atom. The van der Waals surface area contributed by atoms with Gasteiger partial charge in [-0.2, -0.15) is 5.10 Å². The zero-order chi connectivity index (χ0) is 9.14. The van der Waals surface area contributed by atoms with Gasteiger partial charge >= 0.3 is 5.69 Å². The highest BCUT2D eigenvalue weighted by Crippen LogP contribution is 2.19. The highest BCUT2D eigenvalue weighted by Gasteiger charge is 2.17. The van der Waals surface area contributed by atoms with Crippen LogP contribution in [0.15, 0.2) is 4.79 Å². The molecule has 2 N–H and O–H groups in total. The second kappa shape index (κ2) is 3.53. The smallest absolute Gasteiger partial charge is 0.340 e. The Hall–Kier alpha value is -1.10. The number of rotatable bonds is 3. The molecule has 0 saturated carbocycles. The monoisotopic (exact) mass is 171 g/mol. The third kappa shape index (κ3) is 1.73. The van der Waals surface area contributed by atoms with Gasteiger partial charge in [0.05, 0.1) is 0 Å². The molecule has 1 aromatic heterocycles. The van der Waals surface area contributed by atoms with E-state index in [2.05, 4.69) is 15.2 Å². The molecule has 0 aliphatic heterocycles. The minimum atomic E-state index is -0.298. The molecule has 0 spiro atoms. The van der Waals surface area contributed by atoms with Crippen molar-refractivity contribution in [3.05, 3.63) is 16.3 Å². The molecule has 0 aromatic carbocycles. The Labute approximate surface area is 70.1 Å². The van der Waals surface area contributed by atoms with Gasteiger partial charge < -0.3 is 4.74 Å². The lowest BCUT2D eigenvalue weighted by molar-refractivity contribution is 0.0577. The van der Waals surface area contributed by atoms with Crippen LogP contribution in [-0.4, -0.2) is 22.3 Å². The van der Waals surface area contributed by atoms with Crippen LogP contribution in [0.4, 0.5) is 0 Å². The van der Waals surface area contributed by atoms with E-state index in [1.807, 2.05) is 13.8 Å². The fourth-order valence-corrected chi connectivity index (χ4v) is 1.12. The van der Waals surface area contributed by atoms with Gasteiger partial charge in [-0.25, -0.2) is 9.89 Å². The summed E-state index contributed by atoms with van der Waals surface area (Å²) in [6.45, 7) is 4.00. The number of aromatic nitrogens is 3. The van der Waals surface area contributed by atoms with Crippen molar-refractivity contribution in [3.8, 4) is 0 Å². The third-order valence-corrected chi connectivity index (χ3v) is 1.65. The van der Waals surface area contributed by atoms with Crippen LogP contribution in [0, 0.1) is 5.92 Å². The van der Waals surface area contributed by atoms with Crippen molar-refractivity contribution in [1.82, 2.24) is 15.2 Å². The summed E-state index contributed by atoms with van der Waals surface area (Å²) in [5.74, 6) is 0.839. The van der Waals surface area contributed by atoms with E-state index in [0.717, 1.165) is 0 Å². The summed E-state index contributed by atoms with van der Waals surface area (Å²) in [7, 11) is 1.59. The fraction of sp³-hybridized carbons (Fsp3) is 0.714. The van der Waals surface area contributed by atoms with Gasteiger partial charge in [0.25, 0.3) is 0 Å². The lowest BCUT2D eigenvalue weighted by Crippen LogP contribution is -2.11. The zero-order valence-corrected chi connectivity index (χ0v) is 7.42. The van der Waals surface area contributed by atoms with Crippen molar-refractivity contribution in [3.63, 3.8) is 0 Å². The van der Waals surface area contributed by atoms with Gasteiger partial charge in [0.2, 0.25) is 0 Å². The first-order valence-corrected chi connectivity index (χ1v) is 3.82. The molecule has 1 heterocycles. The zero-order valence-electron chi connectivity index (χ0n) is 7.42. The van der Waals surface area contributed by atoms with Crippen molar-refractivity contribution in [2.75, 3.05) is 7.11 Å². The highest BCUT2D eigenvalue weighted by molar-refractivity contribution is 4.88. The molecule has 0 fully saturated rings. The molecule has 0 aliphatic carbocycles. The minimum absolute atomic E-state index is 0.149. The Morgan fingerprint density at radius 3 is 2.50 bits per heavy atom. The Kier molecular flexibility index (Phi) is 2.65. The van der Waals surface area contributed by atoms with E-state index in [1.54, 1.807) is 7.11 Å². The fourth-order valence-electron chi connectivity index (χ4n) is 1.12. The predicted molar refractivity (Wildman–Crippen MR) is 43.8 cm³/mol. The SMILES string of the molecule is COC(c1n[nH]c(=O)[nH]1)C(C)C. The van der Waals surface area contributed by atoms with E-state index in [4.69, 9.17) is 4.74 Å². The number of hydrogen-bond acceptors (Lipinski definition) is 3. The average molecular weight is 171 g/mol. The maximum absolute atomic E-state index is 10.7. The summed E-state index contributed by atoms with van der Waals surface area (Å²) < 4.78 is 5.16. The normalized spacial score (nSPS) is 13.7. The van der Waals surface area contributed by atoms with Gasteiger partial charge in [-0.1, -0.05) is 13.8 Å². The molecule has 5 nitrogen and oxygen atoms in total. The van der Waals surface area contributed by atoms with Gasteiger partial charge in [-0.3, -0.25) is 4.98 Å². The second-order valence-corrected chi connectivity index (χ2v) is 2.96. The molecule has 5 heteroatoms. The lowest BCUT2D eigenvalue weighted by atomic mass is 10.1. The Morgan fingerprint density at radius 1 is 1.50 bits per heavy atom. The lowest BCUT2D eigenvalue weighted by Gasteiger charge is -2.15. The quantitative estimate of drug-likeness (QED) is 0.693.